The van der Waals surface area contributed by atoms with Gasteiger partial charge in [-0.05, 0) is 38.5 Å². The van der Waals surface area contributed by atoms with Crippen molar-refractivity contribution in [1.29, 1.82) is 0 Å². The summed E-state index contributed by atoms with van der Waals surface area (Å²) in [4.78, 5) is 11.6. The fourth-order valence-electron chi connectivity index (χ4n) is 1.74. The zero-order valence-corrected chi connectivity index (χ0v) is 12.0. The third-order valence-corrected chi connectivity index (χ3v) is 3.47. The standard InChI is InChI=1S/C13H14BrFN2O/c1-13(2,3)17-12(18)10(14)11(16-17)8-4-6-9(15)7-5-8/h4-7,10H,1-3H3. The van der Waals surface area contributed by atoms with Crippen molar-refractivity contribution in [3.05, 3.63) is 35.6 Å². The number of benzene rings is 1. The highest BCUT2D eigenvalue weighted by atomic mass is 79.9. The normalized spacial score (nSPS) is 20.3. The van der Waals surface area contributed by atoms with Gasteiger partial charge in [0.15, 0.2) is 0 Å². The zero-order valence-electron chi connectivity index (χ0n) is 10.4. The first-order valence-electron chi connectivity index (χ1n) is 5.63. The van der Waals surface area contributed by atoms with Crippen molar-refractivity contribution < 1.29 is 9.18 Å². The Morgan fingerprint density at radius 3 is 2.28 bits per heavy atom. The third-order valence-electron chi connectivity index (χ3n) is 2.65. The number of carbonyl (C=O) groups is 1. The van der Waals surface area contributed by atoms with E-state index in [2.05, 4.69) is 21.0 Å². The maximum Gasteiger partial charge on any atom is 0.263 e. The maximum absolute atomic E-state index is 12.9. The summed E-state index contributed by atoms with van der Waals surface area (Å²) in [6.45, 7) is 5.76. The molecule has 1 amide bonds. The Morgan fingerprint density at radius 2 is 1.83 bits per heavy atom. The molecule has 1 aromatic rings. The highest BCUT2D eigenvalue weighted by Gasteiger charge is 2.39. The lowest BCUT2D eigenvalue weighted by molar-refractivity contribution is -0.132. The Bertz CT molecular complexity index is 505. The van der Waals surface area contributed by atoms with E-state index >= 15 is 0 Å². The van der Waals surface area contributed by atoms with E-state index in [-0.39, 0.29) is 17.3 Å². The summed E-state index contributed by atoms with van der Waals surface area (Å²) in [7, 11) is 0. The minimum atomic E-state index is -0.470. The van der Waals surface area contributed by atoms with Crippen molar-refractivity contribution in [2.24, 2.45) is 5.10 Å². The number of carbonyl (C=O) groups excluding carboxylic acids is 1. The second-order valence-electron chi connectivity index (χ2n) is 5.18. The molecular weight excluding hydrogens is 299 g/mol. The van der Waals surface area contributed by atoms with Crippen LogP contribution < -0.4 is 0 Å². The first kappa shape index (κ1) is 13.2. The molecular formula is C13H14BrFN2O. The number of hydrogen-bond acceptors (Lipinski definition) is 2. The van der Waals surface area contributed by atoms with Gasteiger partial charge in [0.25, 0.3) is 5.91 Å². The lowest BCUT2D eigenvalue weighted by atomic mass is 10.1. The molecule has 0 N–H and O–H groups in total. The average molecular weight is 313 g/mol. The van der Waals surface area contributed by atoms with Crippen LogP contribution in [-0.4, -0.2) is 27.0 Å². The summed E-state index contributed by atoms with van der Waals surface area (Å²) >= 11 is 3.34. The molecule has 0 saturated heterocycles. The van der Waals surface area contributed by atoms with Gasteiger partial charge in [0.05, 0.1) is 11.3 Å². The summed E-state index contributed by atoms with van der Waals surface area (Å²) in [6.07, 6.45) is 0. The Hall–Kier alpha value is -1.23. The van der Waals surface area contributed by atoms with Crippen molar-refractivity contribution >= 4 is 27.5 Å². The van der Waals surface area contributed by atoms with E-state index in [1.807, 2.05) is 20.8 Å². The highest BCUT2D eigenvalue weighted by Crippen LogP contribution is 2.27. The van der Waals surface area contributed by atoms with Crippen LogP contribution in [0.2, 0.25) is 0 Å². The summed E-state index contributed by atoms with van der Waals surface area (Å²) in [5.41, 5.74) is 0.999. The minimum Gasteiger partial charge on any atom is -0.271 e. The number of nitrogens with zero attached hydrogens (tertiary/aromatic N) is 2. The van der Waals surface area contributed by atoms with E-state index in [9.17, 15) is 9.18 Å². The Kier molecular flexibility index (Phi) is 3.27. The van der Waals surface area contributed by atoms with Crippen LogP contribution >= 0.6 is 15.9 Å². The quantitative estimate of drug-likeness (QED) is 0.734. The molecule has 0 spiro atoms. The van der Waals surface area contributed by atoms with Crippen LogP contribution in [0, 0.1) is 5.82 Å². The molecule has 3 nitrogen and oxygen atoms in total. The first-order valence-corrected chi connectivity index (χ1v) is 6.55. The monoisotopic (exact) mass is 312 g/mol. The molecule has 0 fully saturated rings. The molecule has 0 saturated carbocycles. The Balaban J connectivity index is 2.39. The van der Waals surface area contributed by atoms with Crippen LogP contribution in [-0.2, 0) is 4.79 Å². The van der Waals surface area contributed by atoms with Gasteiger partial charge < -0.3 is 0 Å². The summed E-state index contributed by atoms with van der Waals surface area (Å²) in [5.74, 6) is -0.399. The van der Waals surface area contributed by atoms with Crippen LogP contribution in [0.5, 0.6) is 0 Å². The molecule has 1 unspecified atom stereocenters. The first-order chi connectivity index (χ1) is 8.30. The summed E-state index contributed by atoms with van der Waals surface area (Å²) < 4.78 is 12.9. The van der Waals surface area contributed by atoms with Crippen molar-refractivity contribution in [1.82, 2.24) is 5.01 Å². The molecule has 1 aromatic carbocycles. The zero-order chi connectivity index (χ0) is 13.5. The average Bonchev–Trinajstić information content (AvgIpc) is 2.57. The molecule has 1 aliphatic rings. The molecule has 96 valence electrons. The van der Waals surface area contributed by atoms with Gasteiger partial charge in [0, 0.05) is 0 Å². The predicted molar refractivity (Wildman–Crippen MR) is 72.3 cm³/mol. The number of halogens is 2. The van der Waals surface area contributed by atoms with Gasteiger partial charge in [-0.15, -0.1) is 0 Å². The van der Waals surface area contributed by atoms with Crippen LogP contribution in [0.25, 0.3) is 0 Å². The van der Waals surface area contributed by atoms with Crippen LogP contribution in [0.4, 0.5) is 4.39 Å². The van der Waals surface area contributed by atoms with Crippen LogP contribution in [0.3, 0.4) is 0 Å². The van der Waals surface area contributed by atoms with Crippen LogP contribution in [0.15, 0.2) is 29.4 Å². The van der Waals surface area contributed by atoms with Crippen molar-refractivity contribution in [2.45, 2.75) is 31.1 Å². The lowest BCUT2D eigenvalue weighted by Crippen LogP contribution is -2.41. The summed E-state index contributed by atoms with van der Waals surface area (Å²) in [6, 6.07) is 5.98. The topological polar surface area (TPSA) is 32.7 Å². The molecule has 1 aliphatic heterocycles. The molecule has 18 heavy (non-hydrogen) atoms. The highest BCUT2D eigenvalue weighted by molar-refractivity contribution is 9.10. The number of hydrazone groups is 1. The molecule has 0 bridgehead atoms. The van der Waals surface area contributed by atoms with Gasteiger partial charge in [-0.3, -0.25) is 4.79 Å². The fourth-order valence-corrected chi connectivity index (χ4v) is 2.29. The molecule has 0 aliphatic carbocycles. The number of alkyl halides is 1. The third kappa shape index (κ3) is 2.32. The molecule has 2 rings (SSSR count). The van der Waals surface area contributed by atoms with Gasteiger partial charge in [-0.1, -0.05) is 28.1 Å². The second-order valence-corrected chi connectivity index (χ2v) is 6.09. The Morgan fingerprint density at radius 1 is 1.28 bits per heavy atom. The maximum atomic E-state index is 12.9. The largest absolute Gasteiger partial charge is 0.271 e. The van der Waals surface area contributed by atoms with Crippen LogP contribution in [0.1, 0.15) is 26.3 Å². The minimum absolute atomic E-state index is 0.0955. The molecule has 0 radical (unpaired) electrons. The molecule has 5 heteroatoms. The van der Waals surface area contributed by atoms with Gasteiger partial charge in [0.1, 0.15) is 10.6 Å². The fraction of sp³-hybridized carbons (Fsp3) is 0.385. The molecule has 1 atom stereocenters. The van der Waals surface area contributed by atoms with Gasteiger partial charge in [-0.2, -0.15) is 5.10 Å². The Labute approximate surface area is 114 Å². The van der Waals surface area contributed by atoms with Gasteiger partial charge in [0.2, 0.25) is 0 Å². The number of rotatable bonds is 1. The summed E-state index contributed by atoms with van der Waals surface area (Å²) in [5, 5.41) is 5.82. The SMILES string of the molecule is CC(C)(C)N1N=C(c2ccc(F)cc2)C(Br)C1=O. The van der Waals surface area contributed by atoms with Crippen molar-refractivity contribution in [3.63, 3.8) is 0 Å². The molecule has 0 aromatic heterocycles. The molecule has 1 heterocycles. The van der Waals surface area contributed by atoms with Gasteiger partial charge >= 0.3 is 0 Å². The number of hydrogen-bond donors (Lipinski definition) is 0. The lowest BCUT2D eigenvalue weighted by Gasteiger charge is -2.27. The van der Waals surface area contributed by atoms with E-state index in [0.29, 0.717) is 5.71 Å². The van der Waals surface area contributed by atoms with Crippen molar-refractivity contribution in [3.8, 4) is 0 Å². The van der Waals surface area contributed by atoms with Gasteiger partial charge in [-0.25, -0.2) is 9.40 Å². The van der Waals surface area contributed by atoms with E-state index in [1.54, 1.807) is 12.1 Å². The van der Waals surface area contributed by atoms with E-state index in [4.69, 9.17) is 0 Å². The predicted octanol–water partition coefficient (Wildman–Crippen LogP) is 2.93. The smallest absolute Gasteiger partial charge is 0.263 e. The number of amides is 1. The van der Waals surface area contributed by atoms with E-state index in [0.717, 1.165) is 5.56 Å². The second kappa shape index (κ2) is 4.46. The van der Waals surface area contributed by atoms with Crippen molar-refractivity contribution in [2.75, 3.05) is 0 Å². The van der Waals surface area contributed by atoms with E-state index in [1.165, 1.54) is 17.1 Å². The van der Waals surface area contributed by atoms with E-state index < -0.39 is 4.83 Å².